The molecule has 8 aromatic rings. The van der Waals surface area contributed by atoms with Gasteiger partial charge in [0.15, 0.2) is 0 Å². The monoisotopic (exact) mass is 969 g/mol. The summed E-state index contributed by atoms with van der Waals surface area (Å²) in [6.45, 7) is 8.50. The molecule has 1 aliphatic heterocycles. The fraction of sp³-hybridized carbons (Fsp3) is 0.192. The zero-order chi connectivity index (χ0) is 44.6. The van der Waals surface area contributed by atoms with Crippen LogP contribution >= 0.6 is 17.0 Å². The van der Waals surface area contributed by atoms with Crippen LogP contribution in [0.3, 0.4) is 0 Å². The number of fused-ring (bicyclic) bond motifs is 5. The molecule has 0 fully saturated rings. The molecule has 0 aromatic heterocycles. The van der Waals surface area contributed by atoms with Crippen LogP contribution in [-0.2, 0) is 33.2 Å². The number of hydrogen-bond acceptors (Lipinski definition) is 0. The average molecular weight is 972 g/mol. The standard InChI is InChI=1S/2C20H18F3.C12H7Si.2ClH.Zr/c2*1-3-13(2)15-11-14-7-6-9-16(18(14)12-15)17-8-4-5-10-19(17)20(21,22)23;1-3-7-11-9(5-1)10-6-2-4-8-12(10)13-11;;;/h2*4-13H,3H2,1-2H3;1-7H;2*1H;/q3*-1;;;+2/p-2. The number of benzene rings is 6. The van der Waals surface area contributed by atoms with Crippen molar-refractivity contribution in [1.82, 2.24) is 0 Å². The predicted molar refractivity (Wildman–Crippen MR) is 245 cm³/mol. The molecule has 0 amide bonds. The Kier molecular flexibility index (Phi) is 16.0. The number of alkyl halides is 6. The van der Waals surface area contributed by atoms with Gasteiger partial charge in [-0.25, -0.2) is 0 Å². The third-order valence-corrected chi connectivity index (χ3v) is 12.7. The third kappa shape index (κ3) is 10.9. The van der Waals surface area contributed by atoms with Gasteiger partial charge in [0.05, 0.1) is 20.6 Å². The van der Waals surface area contributed by atoms with Crippen molar-refractivity contribution in [3.8, 4) is 33.4 Å². The maximum atomic E-state index is 13.3. The maximum Gasteiger partial charge on any atom is 0.0920 e. The summed E-state index contributed by atoms with van der Waals surface area (Å²) in [5, 5.41) is 6.59. The van der Waals surface area contributed by atoms with E-state index in [0.29, 0.717) is 23.0 Å². The molecule has 0 N–H and O–H groups in total. The molecule has 318 valence electrons. The molecule has 1 aliphatic rings. The van der Waals surface area contributed by atoms with E-state index in [1.807, 2.05) is 42.5 Å². The molecule has 0 spiro atoms. The summed E-state index contributed by atoms with van der Waals surface area (Å²) in [6, 6.07) is 49.1. The van der Waals surface area contributed by atoms with E-state index in [-0.39, 0.29) is 11.1 Å². The molecule has 9 rings (SSSR count). The largest absolute Gasteiger partial charge is 0.184 e. The minimum Gasteiger partial charge on any atom is -0.184 e. The van der Waals surface area contributed by atoms with Crippen molar-refractivity contribution in [1.29, 1.82) is 0 Å². The van der Waals surface area contributed by atoms with Gasteiger partial charge >= 0.3 is 50.2 Å². The zero-order valence-electron chi connectivity index (χ0n) is 34.5. The normalized spacial score (nSPS) is 12.8. The second-order valence-electron chi connectivity index (χ2n) is 15.1. The second-order valence-corrected chi connectivity index (χ2v) is 20.1. The number of hydrogen-bond donors (Lipinski definition) is 0. The molecule has 2 atom stereocenters. The van der Waals surface area contributed by atoms with Crippen molar-refractivity contribution in [2.75, 3.05) is 0 Å². The minimum atomic E-state index is -4.36. The Morgan fingerprint density at radius 1 is 0.548 bits per heavy atom. The molecule has 2 unspecified atom stereocenters. The Labute approximate surface area is 381 Å². The summed E-state index contributed by atoms with van der Waals surface area (Å²) < 4.78 is 79.9. The Morgan fingerprint density at radius 2 is 0.952 bits per heavy atom. The summed E-state index contributed by atoms with van der Waals surface area (Å²) in [5.74, 6) is 0.793. The molecule has 0 saturated carbocycles. The van der Waals surface area contributed by atoms with Gasteiger partial charge in [-0.1, -0.05) is 135 Å². The van der Waals surface area contributed by atoms with Gasteiger partial charge in [0.25, 0.3) is 0 Å². The average Bonchev–Trinajstić information content (AvgIpc) is 4.02. The molecular weight excluding hydrogens is 929 g/mol. The molecule has 10 heteroatoms. The summed E-state index contributed by atoms with van der Waals surface area (Å²) in [4.78, 5) is 0. The summed E-state index contributed by atoms with van der Waals surface area (Å²) in [6.07, 6.45) is -6.70. The Balaban J connectivity index is 0.000000155. The molecule has 0 nitrogen and oxygen atoms in total. The maximum absolute atomic E-state index is 13.3. The van der Waals surface area contributed by atoms with Crippen LogP contribution in [0.1, 0.15) is 74.6 Å². The van der Waals surface area contributed by atoms with Crippen LogP contribution in [0, 0.1) is 6.07 Å². The van der Waals surface area contributed by atoms with E-state index < -0.39 is 44.3 Å². The van der Waals surface area contributed by atoms with Crippen molar-refractivity contribution in [2.45, 2.75) is 64.7 Å². The van der Waals surface area contributed by atoms with Crippen molar-refractivity contribution in [3.05, 3.63) is 180 Å². The second kappa shape index (κ2) is 21.0. The fourth-order valence-corrected chi connectivity index (χ4v) is 8.99. The van der Waals surface area contributed by atoms with E-state index in [2.05, 4.69) is 82.3 Å². The van der Waals surface area contributed by atoms with Gasteiger partial charge in [-0.3, -0.25) is 0 Å². The van der Waals surface area contributed by atoms with Gasteiger partial charge in [0.2, 0.25) is 0 Å². The molecule has 8 aromatic carbocycles. The van der Waals surface area contributed by atoms with Gasteiger partial charge in [0, 0.05) is 0 Å². The fourth-order valence-electron chi connectivity index (χ4n) is 7.68. The van der Waals surface area contributed by atoms with E-state index in [1.54, 1.807) is 36.4 Å². The van der Waals surface area contributed by atoms with Gasteiger partial charge in [-0.2, -0.15) is 67.9 Å². The predicted octanol–water partition coefficient (Wildman–Crippen LogP) is 16.0. The molecular formula is C52H43Cl2F6SiZr-3. The first-order chi connectivity index (χ1) is 29.7. The molecule has 62 heavy (non-hydrogen) atoms. The smallest absolute Gasteiger partial charge is 0.0920 e. The summed E-state index contributed by atoms with van der Waals surface area (Å²) in [5.41, 5.74) is 5.73. The number of halogens is 8. The Hall–Kier alpha value is -4.20. The quantitative estimate of drug-likeness (QED) is 0.0885. The van der Waals surface area contributed by atoms with E-state index in [4.69, 9.17) is 17.0 Å². The topological polar surface area (TPSA) is 0 Å². The van der Waals surface area contributed by atoms with Gasteiger partial charge in [-0.05, 0) is 35.1 Å². The molecule has 0 aliphatic carbocycles. The van der Waals surface area contributed by atoms with Crippen LogP contribution in [0.15, 0.2) is 152 Å². The molecule has 0 bridgehead atoms. The third-order valence-electron chi connectivity index (χ3n) is 11.3. The molecule has 2 radical (unpaired) electrons. The van der Waals surface area contributed by atoms with Gasteiger partial charge in [-0.15, -0.1) is 74.6 Å². The van der Waals surface area contributed by atoms with Crippen molar-refractivity contribution in [2.24, 2.45) is 0 Å². The molecule has 1 heterocycles. The van der Waals surface area contributed by atoms with Crippen LogP contribution in [0.4, 0.5) is 26.3 Å². The summed E-state index contributed by atoms with van der Waals surface area (Å²) in [7, 11) is 10.7. The first kappa shape index (κ1) is 47.3. The van der Waals surface area contributed by atoms with E-state index in [9.17, 15) is 26.3 Å². The SMILES string of the molecule is CCC(C)c1cc2c(-c3ccccc3C(F)(F)F)cccc2[cH-]1.CCC(C)c1cc2c(-c3ccccc3C(F)(F)F)cccc2[cH-]1.[Cl][Zr][Cl].[c-]1cccc2c1[Si]c1ccccc1-2. The number of rotatable bonds is 6. The van der Waals surface area contributed by atoms with Crippen LogP contribution < -0.4 is 10.4 Å². The van der Waals surface area contributed by atoms with Crippen LogP contribution in [0.2, 0.25) is 0 Å². The van der Waals surface area contributed by atoms with Crippen LogP contribution in [0.5, 0.6) is 0 Å². The van der Waals surface area contributed by atoms with Gasteiger partial charge < -0.3 is 0 Å². The van der Waals surface area contributed by atoms with Crippen molar-refractivity contribution < 1.29 is 47.2 Å². The Bertz CT molecular complexity index is 2540. The van der Waals surface area contributed by atoms with Crippen LogP contribution in [-0.4, -0.2) is 9.52 Å². The van der Waals surface area contributed by atoms with Crippen molar-refractivity contribution in [3.63, 3.8) is 0 Å². The zero-order valence-corrected chi connectivity index (χ0v) is 39.5. The van der Waals surface area contributed by atoms with E-state index >= 15 is 0 Å². The minimum absolute atomic E-state index is 0.243. The van der Waals surface area contributed by atoms with Gasteiger partial charge in [0.1, 0.15) is 0 Å². The Morgan fingerprint density at radius 3 is 1.40 bits per heavy atom. The van der Waals surface area contributed by atoms with E-state index in [1.165, 1.54) is 44.8 Å². The van der Waals surface area contributed by atoms with E-state index in [0.717, 1.165) is 56.0 Å². The van der Waals surface area contributed by atoms with Crippen LogP contribution in [0.25, 0.3) is 54.9 Å². The van der Waals surface area contributed by atoms with Crippen molar-refractivity contribution >= 4 is 58.5 Å². The first-order valence-corrected chi connectivity index (χ1v) is 27.6. The molecule has 0 saturated heterocycles. The summed E-state index contributed by atoms with van der Waals surface area (Å²) >= 11 is -0.826. The first-order valence-electron chi connectivity index (χ1n) is 20.2.